The lowest BCUT2D eigenvalue weighted by molar-refractivity contribution is 0.0538. The lowest BCUT2D eigenvalue weighted by Gasteiger charge is -2.34. The van der Waals surface area contributed by atoms with Gasteiger partial charge < -0.3 is 9.84 Å². The van der Waals surface area contributed by atoms with Gasteiger partial charge in [0.25, 0.3) is 0 Å². The Morgan fingerprint density at radius 1 is 1.12 bits per heavy atom. The summed E-state index contributed by atoms with van der Waals surface area (Å²) in [5.41, 5.74) is 1.40. The van der Waals surface area contributed by atoms with E-state index in [1.165, 1.54) is 5.57 Å². The van der Waals surface area contributed by atoms with Crippen molar-refractivity contribution in [3.63, 3.8) is 0 Å². The second kappa shape index (κ2) is 3.04. The minimum Gasteiger partial charge on any atom is -0.359 e. The number of aliphatic hydroxyl groups is 1. The highest BCUT2D eigenvalue weighted by atomic mass is 16.8. The molecule has 2 aliphatic rings. The van der Waals surface area contributed by atoms with Gasteiger partial charge in [0, 0.05) is 5.41 Å². The van der Waals surface area contributed by atoms with Crippen LogP contribution in [-0.2, 0) is 4.74 Å². The molecular formula is C15H24O2. The summed E-state index contributed by atoms with van der Waals surface area (Å²) in [5.74, 6) is -1.11. The molecule has 1 N–H and O–H groups in total. The first-order chi connectivity index (χ1) is 7.44. The van der Waals surface area contributed by atoms with Crippen molar-refractivity contribution in [3.8, 4) is 0 Å². The molecule has 1 aliphatic carbocycles. The van der Waals surface area contributed by atoms with Crippen molar-refractivity contribution in [3.05, 3.63) is 23.3 Å². The average Bonchev–Trinajstić information content (AvgIpc) is 2.68. The van der Waals surface area contributed by atoms with Crippen molar-refractivity contribution in [2.24, 2.45) is 10.8 Å². The molecule has 1 saturated heterocycles. The van der Waals surface area contributed by atoms with Gasteiger partial charge >= 0.3 is 0 Å². The highest BCUT2D eigenvalue weighted by molar-refractivity contribution is 5.49. The van der Waals surface area contributed by atoms with Gasteiger partial charge in [-0.05, 0) is 24.0 Å². The molecule has 0 radical (unpaired) electrons. The zero-order valence-corrected chi connectivity index (χ0v) is 12.0. The molecule has 0 aromatic carbocycles. The van der Waals surface area contributed by atoms with Crippen LogP contribution in [0, 0.1) is 10.8 Å². The molecule has 0 aromatic rings. The van der Waals surface area contributed by atoms with E-state index in [0.717, 1.165) is 5.57 Å². The molecule has 96 valence electrons. The summed E-state index contributed by atoms with van der Waals surface area (Å²) in [7, 11) is 0. The summed E-state index contributed by atoms with van der Waals surface area (Å²) in [6, 6.07) is 0. The number of rotatable bonds is 0. The largest absolute Gasteiger partial charge is 0.359 e. The Morgan fingerprint density at radius 3 is 2.06 bits per heavy atom. The smallest absolute Gasteiger partial charge is 0.224 e. The summed E-state index contributed by atoms with van der Waals surface area (Å²) in [6.07, 6.45) is 4.14. The molecule has 1 aliphatic heterocycles. The summed E-state index contributed by atoms with van der Waals surface area (Å²) in [6.45, 7) is 14.8. The van der Waals surface area contributed by atoms with Gasteiger partial charge in [0.1, 0.15) is 0 Å². The van der Waals surface area contributed by atoms with Crippen LogP contribution < -0.4 is 0 Å². The molecule has 0 saturated carbocycles. The summed E-state index contributed by atoms with van der Waals surface area (Å²) >= 11 is 0. The minimum absolute atomic E-state index is 0.0860. The summed E-state index contributed by atoms with van der Waals surface area (Å²) in [5, 5.41) is 10.8. The molecule has 0 spiro atoms. The Labute approximate surface area is 104 Å². The molecule has 0 bridgehead atoms. The van der Waals surface area contributed by atoms with Gasteiger partial charge in [-0.15, -0.1) is 0 Å². The van der Waals surface area contributed by atoms with E-state index in [0.29, 0.717) is 0 Å². The monoisotopic (exact) mass is 236 g/mol. The Balaban J connectivity index is 2.54. The molecule has 1 fully saturated rings. The second-order valence-electron chi connectivity index (χ2n) is 7.43. The molecular weight excluding hydrogens is 212 g/mol. The normalized spacial score (nSPS) is 37.2. The molecule has 17 heavy (non-hydrogen) atoms. The minimum atomic E-state index is -1.11. The molecule has 0 amide bonds. The number of ether oxygens (including phenoxy) is 1. The highest BCUT2D eigenvalue weighted by Gasteiger charge is 2.77. The maximum atomic E-state index is 10.8. The van der Waals surface area contributed by atoms with Crippen molar-refractivity contribution < 1.29 is 9.84 Å². The molecule has 2 unspecified atom stereocenters. The average molecular weight is 236 g/mol. The summed E-state index contributed by atoms with van der Waals surface area (Å²) in [4.78, 5) is 0. The van der Waals surface area contributed by atoms with Crippen LogP contribution in [0.2, 0.25) is 0 Å². The van der Waals surface area contributed by atoms with Crippen LogP contribution in [0.5, 0.6) is 0 Å². The molecule has 2 rings (SSSR count). The maximum absolute atomic E-state index is 10.8. The number of allylic oxidation sites excluding steroid dienone is 2. The SMILES string of the molecule is CC1=CC2(C(C)(C)C)OC2(O)C(C(C)(C)C)=C1. The van der Waals surface area contributed by atoms with E-state index in [1.54, 1.807) is 0 Å². The van der Waals surface area contributed by atoms with E-state index in [-0.39, 0.29) is 10.8 Å². The molecule has 2 atom stereocenters. The van der Waals surface area contributed by atoms with Gasteiger partial charge in [-0.3, -0.25) is 0 Å². The predicted molar refractivity (Wildman–Crippen MR) is 69.5 cm³/mol. The van der Waals surface area contributed by atoms with Crippen molar-refractivity contribution in [2.75, 3.05) is 0 Å². The Kier molecular flexibility index (Phi) is 2.30. The third-order valence-corrected chi connectivity index (χ3v) is 3.86. The topological polar surface area (TPSA) is 32.8 Å². The van der Waals surface area contributed by atoms with Gasteiger partial charge in [-0.25, -0.2) is 0 Å². The van der Waals surface area contributed by atoms with E-state index in [2.05, 4.69) is 60.6 Å². The van der Waals surface area contributed by atoms with Gasteiger partial charge in [0.15, 0.2) is 5.60 Å². The summed E-state index contributed by atoms with van der Waals surface area (Å²) < 4.78 is 5.84. The fraction of sp³-hybridized carbons (Fsp3) is 0.733. The third-order valence-electron chi connectivity index (χ3n) is 3.86. The van der Waals surface area contributed by atoms with Gasteiger partial charge in [-0.2, -0.15) is 0 Å². The second-order valence-corrected chi connectivity index (χ2v) is 7.43. The molecule has 0 aromatic heterocycles. The number of hydrogen-bond acceptors (Lipinski definition) is 2. The Hall–Kier alpha value is -0.600. The molecule has 1 heterocycles. The zero-order chi connectivity index (χ0) is 13.3. The van der Waals surface area contributed by atoms with Gasteiger partial charge in [0.05, 0.1) is 0 Å². The van der Waals surface area contributed by atoms with Crippen LogP contribution in [0.15, 0.2) is 23.3 Å². The van der Waals surface area contributed by atoms with Crippen LogP contribution in [0.3, 0.4) is 0 Å². The zero-order valence-electron chi connectivity index (χ0n) is 12.0. The van der Waals surface area contributed by atoms with E-state index in [9.17, 15) is 5.11 Å². The van der Waals surface area contributed by atoms with Crippen LogP contribution in [0.4, 0.5) is 0 Å². The fourth-order valence-corrected chi connectivity index (χ4v) is 2.88. The number of epoxide rings is 1. The first-order valence-electron chi connectivity index (χ1n) is 6.29. The standard InChI is InChI=1S/C15H24O2/c1-10-8-11(12(2,3)4)15(16)14(9-10,17-15)13(5,6)7/h8-9,16H,1-7H3. The lowest BCUT2D eigenvalue weighted by Crippen LogP contribution is -2.42. The Bertz CT molecular complexity index is 417. The number of fused-ring (bicyclic) bond motifs is 1. The van der Waals surface area contributed by atoms with Crippen LogP contribution in [-0.4, -0.2) is 16.5 Å². The lowest BCUT2D eigenvalue weighted by atomic mass is 9.67. The molecule has 2 nitrogen and oxygen atoms in total. The molecule has 2 heteroatoms. The highest BCUT2D eigenvalue weighted by Crippen LogP contribution is 2.65. The first-order valence-corrected chi connectivity index (χ1v) is 6.29. The van der Waals surface area contributed by atoms with Crippen molar-refractivity contribution in [2.45, 2.75) is 59.9 Å². The first kappa shape index (κ1) is 12.8. The van der Waals surface area contributed by atoms with E-state index >= 15 is 0 Å². The van der Waals surface area contributed by atoms with Gasteiger partial charge in [0.2, 0.25) is 5.79 Å². The predicted octanol–water partition coefficient (Wildman–Crippen LogP) is 3.42. The van der Waals surface area contributed by atoms with Crippen LogP contribution in [0.1, 0.15) is 48.5 Å². The van der Waals surface area contributed by atoms with Crippen molar-refractivity contribution in [1.29, 1.82) is 0 Å². The quantitative estimate of drug-likeness (QED) is 0.654. The maximum Gasteiger partial charge on any atom is 0.224 e. The van der Waals surface area contributed by atoms with E-state index < -0.39 is 11.4 Å². The van der Waals surface area contributed by atoms with Crippen molar-refractivity contribution in [1.82, 2.24) is 0 Å². The van der Waals surface area contributed by atoms with Crippen LogP contribution in [0.25, 0.3) is 0 Å². The fourth-order valence-electron chi connectivity index (χ4n) is 2.88. The van der Waals surface area contributed by atoms with E-state index in [4.69, 9.17) is 4.74 Å². The Morgan fingerprint density at radius 2 is 1.65 bits per heavy atom. The van der Waals surface area contributed by atoms with E-state index in [1.807, 2.05) is 0 Å². The third kappa shape index (κ3) is 1.54. The van der Waals surface area contributed by atoms with Crippen LogP contribution >= 0.6 is 0 Å². The van der Waals surface area contributed by atoms with Crippen molar-refractivity contribution >= 4 is 0 Å². The van der Waals surface area contributed by atoms with Gasteiger partial charge in [-0.1, -0.05) is 53.2 Å². The number of hydrogen-bond donors (Lipinski definition) is 1.